The molecule has 0 N–H and O–H groups in total. The first kappa shape index (κ1) is 25.5. The molecule has 0 saturated heterocycles. The summed E-state index contributed by atoms with van der Waals surface area (Å²) in [4.78, 5) is 16.0. The molecule has 0 bridgehead atoms. The van der Waals surface area contributed by atoms with Gasteiger partial charge in [0.15, 0.2) is 0 Å². The van der Waals surface area contributed by atoms with Crippen LogP contribution in [0.5, 0.6) is 0 Å². The molecule has 46 heavy (non-hydrogen) atoms. The van der Waals surface area contributed by atoms with E-state index in [2.05, 4.69) is 139 Å². The summed E-state index contributed by atoms with van der Waals surface area (Å²) in [6, 6.07) is 43.0. The van der Waals surface area contributed by atoms with Crippen molar-refractivity contribution in [2.24, 2.45) is 0 Å². The molecule has 4 aliphatic rings. The summed E-state index contributed by atoms with van der Waals surface area (Å²) in [7, 11) is 0. The number of aromatic nitrogens is 1. The van der Waals surface area contributed by atoms with Crippen molar-refractivity contribution in [3.05, 3.63) is 121 Å². The number of hydrogen-bond donors (Lipinski definition) is 0. The fourth-order valence-corrected chi connectivity index (χ4v) is 10.5. The summed E-state index contributed by atoms with van der Waals surface area (Å²) < 4.78 is 0. The Balaban J connectivity index is 1.39. The van der Waals surface area contributed by atoms with Gasteiger partial charge in [-0.3, -0.25) is 0 Å². The maximum Gasteiger partial charge on any atom is 0.252 e. The van der Waals surface area contributed by atoms with Crippen molar-refractivity contribution in [3.8, 4) is 0 Å². The first-order valence-electron chi connectivity index (χ1n) is 16.0. The predicted octanol–water partition coefficient (Wildman–Crippen LogP) is 9.52. The Morgan fingerprint density at radius 2 is 1.11 bits per heavy atom. The molecular formula is C40H26BN3S2. The zero-order valence-corrected chi connectivity index (χ0v) is 26.9. The van der Waals surface area contributed by atoms with Gasteiger partial charge in [0.1, 0.15) is 0 Å². The van der Waals surface area contributed by atoms with E-state index in [1.54, 1.807) is 0 Å². The Morgan fingerprint density at radius 1 is 0.543 bits per heavy atom. The van der Waals surface area contributed by atoms with Gasteiger partial charge in [0.25, 0.3) is 6.71 Å². The lowest BCUT2D eigenvalue weighted by atomic mass is 9.33. The molecule has 11 rings (SSSR count). The molecule has 0 spiro atoms. The summed E-state index contributed by atoms with van der Waals surface area (Å²) >= 11 is 3.78. The molecule has 6 aromatic carbocycles. The molecule has 0 aliphatic carbocycles. The lowest BCUT2D eigenvalue weighted by Crippen LogP contribution is -2.62. The average molecular weight is 624 g/mol. The van der Waals surface area contributed by atoms with E-state index in [4.69, 9.17) is 4.98 Å². The first-order valence-corrected chi connectivity index (χ1v) is 17.6. The Hall–Kier alpha value is -4.65. The van der Waals surface area contributed by atoms with E-state index in [1.807, 2.05) is 23.5 Å². The van der Waals surface area contributed by atoms with Crippen LogP contribution in [0.2, 0.25) is 0 Å². The number of nitrogens with zero attached hydrogens (tertiary/aromatic N) is 3. The minimum absolute atomic E-state index is 0.0966. The summed E-state index contributed by atoms with van der Waals surface area (Å²) in [6.07, 6.45) is 0. The van der Waals surface area contributed by atoms with Crippen LogP contribution in [-0.2, 0) is 0 Å². The van der Waals surface area contributed by atoms with Crippen molar-refractivity contribution in [1.29, 1.82) is 0 Å². The fourth-order valence-electron chi connectivity index (χ4n) is 8.32. The molecule has 0 saturated carbocycles. The van der Waals surface area contributed by atoms with Crippen LogP contribution < -0.4 is 26.2 Å². The highest BCUT2D eigenvalue weighted by Gasteiger charge is 2.48. The van der Waals surface area contributed by atoms with Crippen LogP contribution >= 0.6 is 23.5 Å². The third-order valence-electron chi connectivity index (χ3n) is 10.1. The minimum Gasteiger partial charge on any atom is -0.309 e. The molecule has 4 aliphatic heterocycles. The maximum atomic E-state index is 5.66. The lowest BCUT2D eigenvalue weighted by molar-refractivity contribution is 0.841. The molecule has 216 valence electrons. The van der Waals surface area contributed by atoms with Crippen LogP contribution in [0.4, 0.5) is 34.1 Å². The number of anilines is 6. The quantitative estimate of drug-likeness (QED) is 0.134. The normalized spacial score (nSPS) is 14.6. The van der Waals surface area contributed by atoms with Crippen LogP contribution in [0.15, 0.2) is 135 Å². The van der Waals surface area contributed by atoms with E-state index in [9.17, 15) is 0 Å². The molecule has 7 aromatic rings. The Kier molecular flexibility index (Phi) is 4.99. The second-order valence-electron chi connectivity index (χ2n) is 12.9. The molecular weight excluding hydrogens is 597 g/mol. The average Bonchev–Trinajstić information content (AvgIpc) is 3.09. The van der Waals surface area contributed by atoms with E-state index >= 15 is 0 Å². The molecule has 0 amide bonds. The van der Waals surface area contributed by atoms with E-state index in [0.29, 0.717) is 5.92 Å². The van der Waals surface area contributed by atoms with E-state index < -0.39 is 0 Å². The van der Waals surface area contributed by atoms with E-state index in [1.165, 1.54) is 86.3 Å². The van der Waals surface area contributed by atoms with Crippen LogP contribution in [0.1, 0.15) is 25.5 Å². The van der Waals surface area contributed by atoms with Crippen molar-refractivity contribution in [2.45, 2.75) is 39.3 Å². The van der Waals surface area contributed by atoms with Gasteiger partial charge in [0.2, 0.25) is 0 Å². The first-order chi connectivity index (χ1) is 22.7. The van der Waals surface area contributed by atoms with Gasteiger partial charge in [-0.2, -0.15) is 0 Å². The van der Waals surface area contributed by atoms with Crippen LogP contribution in [0.25, 0.3) is 21.7 Å². The molecule has 1 aromatic heterocycles. The second kappa shape index (κ2) is 9.00. The number of pyridine rings is 1. The van der Waals surface area contributed by atoms with Crippen LogP contribution in [-0.4, -0.2) is 11.7 Å². The van der Waals surface area contributed by atoms with Crippen molar-refractivity contribution in [3.63, 3.8) is 0 Å². The lowest BCUT2D eigenvalue weighted by Gasteiger charge is -2.47. The van der Waals surface area contributed by atoms with Crippen molar-refractivity contribution in [2.75, 3.05) is 9.80 Å². The zero-order chi connectivity index (χ0) is 30.3. The number of para-hydroxylation sites is 4. The highest BCUT2D eigenvalue weighted by atomic mass is 32.2. The standard InChI is InChI=1S/C40H26BN3S2/c1-22(2)36-24-12-4-3-11-23(24)25-21-30-35-40(37(25)42-36)44-29-16-6-8-18-32(29)46-34-20-10-14-27(39(34)44)41(35)26-13-9-19-33-38(26)43(30)28-15-5-7-17-31(28)45-33/h3-22H,1-2H3. The maximum absolute atomic E-state index is 5.66. The van der Waals surface area contributed by atoms with Gasteiger partial charge >= 0.3 is 0 Å². The largest absolute Gasteiger partial charge is 0.309 e. The predicted molar refractivity (Wildman–Crippen MR) is 196 cm³/mol. The highest BCUT2D eigenvalue weighted by Crippen LogP contribution is 2.57. The summed E-state index contributed by atoms with van der Waals surface area (Å²) in [5, 5.41) is 3.72. The second-order valence-corrected chi connectivity index (χ2v) is 15.1. The highest BCUT2D eigenvalue weighted by molar-refractivity contribution is 8.00. The summed E-state index contributed by atoms with van der Waals surface area (Å²) in [5.74, 6) is 0.290. The molecule has 3 nitrogen and oxygen atoms in total. The van der Waals surface area contributed by atoms with Gasteiger partial charge in [-0.15, -0.1) is 0 Å². The molecule has 0 atom stereocenters. The third kappa shape index (κ3) is 3.11. The van der Waals surface area contributed by atoms with Crippen LogP contribution in [0.3, 0.4) is 0 Å². The monoisotopic (exact) mass is 623 g/mol. The van der Waals surface area contributed by atoms with Gasteiger partial charge in [-0.1, -0.05) is 110 Å². The van der Waals surface area contributed by atoms with Crippen molar-refractivity contribution >= 4 is 102 Å². The fraction of sp³-hybridized carbons (Fsp3) is 0.0750. The minimum atomic E-state index is 0.0966. The summed E-state index contributed by atoms with van der Waals surface area (Å²) in [6.45, 7) is 4.64. The topological polar surface area (TPSA) is 19.4 Å². The Labute approximate surface area is 276 Å². The van der Waals surface area contributed by atoms with Gasteiger partial charge in [0.05, 0.1) is 39.6 Å². The van der Waals surface area contributed by atoms with Gasteiger partial charge in [-0.05, 0) is 70.2 Å². The molecule has 5 heterocycles. The molecule has 0 unspecified atom stereocenters. The van der Waals surface area contributed by atoms with Crippen molar-refractivity contribution < 1.29 is 0 Å². The Morgan fingerprint density at radius 3 is 1.78 bits per heavy atom. The van der Waals surface area contributed by atoms with E-state index in [-0.39, 0.29) is 6.71 Å². The van der Waals surface area contributed by atoms with Crippen LogP contribution in [0, 0.1) is 0 Å². The number of rotatable bonds is 1. The third-order valence-corrected chi connectivity index (χ3v) is 12.3. The van der Waals surface area contributed by atoms with Gasteiger partial charge in [-0.25, -0.2) is 4.98 Å². The van der Waals surface area contributed by atoms with Crippen molar-refractivity contribution in [1.82, 2.24) is 4.98 Å². The SMILES string of the molecule is CC(C)c1nc2c3c4c(cc2c2ccccc12)N1c2ccccc2Sc2cccc(c21)B4c1cccc2c1N3c1ccccc1S2. The molecule has 0 fully saturated rings. The van der Waals surface area contributed by atoms with Gasteiger partial charge in [0, 0.05) is 36.0 Å². The van der Waals surface area contributed by atoms with E-state index in [0.717, 1.165) is 11.2 Å². The van der Waals surface area contributed by atoms with Gasteiger partial charge < -0.3 is 9.80 Å². The Bertz CT molecular complexity index is 2500. The smallest absolute Gasteiger partial charge is 0.252 e. The number of benzene rings is 6. The molecule has 6 heteroatoms. The number of hydrogen-bond acceptors (Lipinski definition) is 5. The zero-order valence-electron chi connectivity index (χ0n) is 25.3. The number of fused-ring (bicyclic) bond motifs is 12. The summed E-state index contributed by atoms with van der Waals surface area (Å²) in [5.41, 5.74) is 13.9. The molecule has 0 radical (unpaired) electrons.